The van der Waals surface area contributed by atoms with Gasteiger partial charge in [0.05, 0.1) is 25.3 Å². The molecule has 0 spiro atoms. The van der Waals surface area contributed by atoms with Crippen molar-refractivity contribution in [3.8, 4) is 11.1 Å². The molecule has 6 nitrogen and oxygen atoms in total. The Labute approximate surface area is 138 Å². The van der Waals surface area contributed by atoms with E-state index in [9.17, 15) is 9.59 Å². The van der Waals surface area contributed by atoms with E-state index in [4.69, 9.17) is 4.74 Å². The number of esters is 2. The molecule has 3 rings (SSSR count). The van der Waals surface area contributed by atoms with E-state index in [1.807, 2.05) is 42.5 Å². The Balaban J connectivity index is 2.32. The quantitative estimate of drug-likeness (QED) is 0.690. The average molecular weight is 322 g/mol. The zero-order chi connectivity index (χ0) is 17.1. The third-order valence-electron chi connectivity index (χ3n) is 3.54. The number of hydrogen-bond donors (Lipinski definition) is 0. The fraction of sp³-hybridized carbons (Fsp3) is 0.111. The van der Waals surface area contributed by atoms with Crippen molar-refractivity contribution in [1.29, 1.82) is 0 Å². The van der Waals surface area contributed by atoms with Gasteiger partial charge in [-0.25, -0.2) is 19.6 Å². The molecule has 0 unspecified atom stereocenters. The molecule has 3 aromatic rings. The second-order valence-electron chi connectivity index (χ2n) is 4.94. The van der Waals surface area contributed by atoms with Gasteiger partial charge in [0.1, 0.15) is 0 Å². The van der Waals surface area contributed by atoms with Crippen molar-refractivity contribution in [1.82, 2.24) is 9.97 Å². The Hall–Kier alpha value is -3.28. The lowest BCUT2D eigenvalue weighted by atomic mass is 10.0. The van der Waals surface area contributed by atoms with Crippen molar-refractivity contribution in [2.75, 3.05) is 14.2 Å². The number of ether oxygens (including phenoxy) is 2. The summed E-state index contributed by atoms with van der Waals surface area (Å²) < 4.78 is 9.40. The van der Waals surface area contributed by atoms with Gasteiger partial charge in [-0.15, -0.1) is 0 Å². The van der Waals surface area contributed by atoms with Gasteiger partial charge in [-0.05, 0) is 11.6 Å². The van der Waals surface area contributed by atoms with Gasteiger partial charge < -0.3 is 9.47 Å². The first-order chi connectivity index (χ1) is 11.7. The van der Waals surface area contributed by atoms with Gasteiger partial charge >= 0.3 is 11.9 Å². The number of benzene rings is 2. The van der Waals surface area contributed by atoms with E-state index in [0.29, 0.717) is 11.0 Å². The lowest BCUT2D eigenvalue weighted by Crippen LogP contribution is -2.16. The molecular weight excluding hydrogens is 308 g/mol. The molecule has 0 fully saturated rings. The first-order valence-electron chi connectivity index (χ1n) is 7.18. The van der Waals surface area contributed by atoms with Gasteiger partial charge in [0.15, 0.2) is 11.4 Å². The van der Waals surface area contributed by atoms with E-state index >= 15 is 0 Å². The number of aromatic nitrogens is 2. The molecule has 0 saturated heterocycles. The van der Waals surface area contributed by atoms with E-state index in [1.54, 1.807) is 6.07 Å². The van der Waals surface area contributed by atoms with Crippen molar-refractivity contribution in [2.45, 2.75) is 0 Å². The smallest absolute Gasteiger partial charge is 0.359 e. The van der Waals surface area contributed by atoms with Crippen molar-refractivity contribution in [2.24, 2.45) is 0 Å². The largest absolute Gasteiger partial charge is 0.464 e. The Morgan fingerprint density at radius 1 is 0.792 bits per heavy atom. The van der Waals surface area contributed by atoms with Gasteiger partial charge in [-0.2, -0.15) is 0 Å². The molecule has 1 heterocycles. The first-order valence-corrected chi connectivity index (χ1v) is 7.18. The Kier molecular flexibility index (Phi) is 4.20. The lowest BCUT2D eigenvalue weighted by Gasteiger charge is -2.10. The van der Waals surface area contributed by atoms with Gasteiger partial charge in [-0.1, -0.05) is 42.5 Å². The zero-order valence-corrected chi connectivity index (χ0v) is 13.1. The molecule has 6 heteroatoms. The Morgan fingerprint density at radius 2 is 1.42 bits per heavy atom. The van der Waals surface area contributed by atoms with Crippen LogP contribution in [0.15, 0.2) is 48.5 Å². The van der Waals surface area contributed by atoms with Gasteiger partial charge in [0.2, 0.25) is 0 Å². The van der Waals surface area contributed by atoms with Crippen LogP contribution < -0.4 is 0 Å². The van der Waals surface area contributed by atoms with E-state index in [-0.39, 0.29) is 11.4 Å². The number of rotatable bonds is 3. The van der Waals surface area contributed by atoms with Crippen LogP contribution in [0.4, 0.5) is 0 Å². The summed E-state index contributed by atoms with van der Waals surface area (Å²) in [4.78, 5) is 32.6. The molecule has 0 N–H and O–H groups in total. The highest BCUT2D eigenvalue weighted by atomic mass is 16.5. The number of methoxy groups -OCH3 is 2. The molecule has 1 aromatic heterocycles. The summed E-state index contributed by atoms with van der Waals surface area (Å²) in [5, 5.41) is 0. The minimum absolute atomic E-state index is 0.165. The number of carbonyl (C=O) groups is 2. The van der Waals surface area contributed by atoms with Crippen LogP contribution in [-0.4, -0.2) is 36.1 Å². The second kappa shape index (κ2) is 6.45. The third-order valence-corrected chi connectivity index (χ3v) is 3.54. The number of hydrogen-bond acceptors (Lipinski definition) is 6. The normalized spacial score (nSPS) is 10.4. The molecule has 0 aliphatic carbocycles. The van der Waals surface area contributed by atoms with Crippen LogP contribution in [0.2, 0.25) is 0 Å². The van der Waals surface area contributed by atoms with E-state index < -0.39 is 11.9 Å². The predicted molar refractivity (Wildman–Crippen MR) is 87.7 cm³/mol. The average Bonchev–Trinajstić information content (AvgIpc) is 2.65. The topological polar surface area (TPSA) is 78.4 Å². The molecule has 0 bridgehead atoms. The van der Waals surface area contributed by atoms with Crippen molar-refractivity contribution < 1.29 is 19.1 Å². The summed E-state index contributed by atoms with van der Waals surface area (Å²) in [6, 6.07) is 15.0. The Bertz CT molecular complexity index is 923. The summed E-state index contributed by atoms with van der Waals surface area (Å²) in [5.41, 5.74) is 2.41. The summed E-state index contributed by atoms with van der Waals surface area (Å²) in [6.45, 7) is 0. The Morgan fingerprint density at radius 3 is 2.04 bits per heavy atom. The summed E-state index contributed by atoms with van der Waals surface area (Å²) in [5.74, 6) is -1.48. The zero-order valence-electron chi connectivity index (χ0n) is 13.1. The molecule has 0 amide bonds. The van der Waals surface area contributed by atoms with Crippen molar-refractivity contribution in [3.05, 3.63) is 59.9 Å². The van der Waals surface area contributed by atoms with Gasteiger partial charge in [0.25, 0.3) is 0 Å². The van der Waals surface area contributed by atoms with Crippen LogP contribution in [0, 0.1) is 0 Å². The van der Waals surface area contributed by atoms with Crippen molar-refractivity contribution >= 4 is 23.0 Å². The lowest BCUT2D eigenvalue weighted by molar-refractivity contribution is 0.0545. The maximum absolute atomic E-state index is 12.0. The van der Waals surface area contributed by atoms with Crippen molar-refractivity contribution in [3.63, 3.8) is 0 Å². The molecule has 0 saturated carbocycles. The minimum Gasteiger partial charge on any atom is -0.464 e. The van der Waals surface area contributed by atoms with E-state index in [1.165, 1.54) is 14.2 Å². The van der Waals surface area contributed by atoms with E-state index in [0.717, 1.165) is 11.1 Å². The third kappa shape index (κ3) is 2.69. The van der Waals surface area contributed by atoms with E-state index in [2.05, 4.69) is 14.7 Å². The standard InChI is InChI=1S/C18H14N2O4/c1-23-17(21)15-16(18(22)24-2)20-14-12(9-6-10-13(14)19-15)11-7-4-3-5-8-11/h3-10H,1-2H3. The molecule has 0 radical (unpaired) electrons. The number of fused-ring (bicyclic) bond motifs is 1. The van der Waals surface area contributed by atoms with Gasteiger partial charge in [-0.3, -0.25) is 0 Å². The highest BCUT2D eigenvalue weighted by Crippen LogP contribution is 2.27. The van der Waals surface area contributed by atoms with Crippen LogP contribution in [-0.2, 0) is 9.47 Å². The van der Waals surface area contributed by atoms with Gasteiger partial charge in [0, 0.05) is 5.56 Å². The second-order valence-corrected chi connectivity index (χ2v) is 4.94. The number of nitrogens with zero attached hydrogens (tertiary/aromatic N) is 2. The van der Waals surface area contributed by atoms with Crippen LogP contribution in [0.3, 0.4) is 0 Å². The molecule has 2 aromatic carbocycles. The predicted octanol–water partition coefficient (Wildman–Crippen LogP) is 2.87. The number of carbonyl (C=O) groups excluding carboxylic acids is 2. The van der Waals surface area contributed by atoms with Crippen LogP contribution in [0.1, 0.15) is 21.0 Å². The maximum Gasteiger partial charge on any atom is 0.359 e. The summed E-state index contributed by atoms with van der Waals surface area (Å²) >= 11 is 0. The van der Waals surface area contributed by atoms with Crippen LogP contribution >= 0.6 is 0 Å². The monoisotopic (exact) mass is 322 g/mol. The van der Waals surface area contributed by atoms with Crippen LogP contribution in [0.25, 0.3) is 22.2 Å². The molecule has 24 heavy (non-hydrogen) atoms. The molecule has 0 aliphatic rings. The number of para-hydroxylation sites is 1. The summed E-state index contributed by atoms with van der Waals surface area (Å²) in [7, 11) is 2.44. The molecule has 0 atom stereocenters. The molecule has 120 valence electrons. The first kappa shape index (κ1) is 15.6. The summed E-state index contributed by atoms with van der Waals surface area (Å²) in [6.07, 6.45) is 0. The molecular formula is C18H14N2O4. The fourth-order valence-corrected chi connectivity index (χ4v) is 2.41. The minimum atomic E-state index is -0.743. The highest BCUT2D eigenvalue weighted by molar-refractivity contribution is 6.03. The SMILES string of the molecule is COC(=O)c1nc2cccc(-c3ccccc3)c2nc1C(=O)OC. The highest BCUT2D eigenvalue weighted by Gasteiger charge is 2.24. The molecule has 0 aliphatic heterocycles. The maximum atomic E-state index is 12.0. The van der Waals surface area contributed by atoms with Crippen LogP contribution in [0.5, 0.6) is 0 Å². The fourth-order valence-electron chi connectivity index (χ4n) is 2.41.